The fraction of sp³-hybridized carbons (Fsp3) is 0.639. The summed E-state index contributed by atoms with van der Waals surface area (Å²) in [6.45, 7) is 19.8. The summed E-state index contributed by atoms with van der Waals surface area (Å²) in [5.74, 6) is 2.54. The van der Waals surface area contributed by atoms with E-state index < -0.39 is 5.41 Å². The number of aromatic amines is 1. The molecule has 1 atom stereocenters. The van der Waals surface area contributed by atoms with Crippen LogP contribution in [0, 0.1) is 11.3 Å². The molecule has 2 aliphatic rings. The molecule has 1 spiro atoms. The van der Waals surface area contributed by atoms with Gasteiger partial charge in [-0.25, -0.2) is 9.97 Å². The Hall–Kier alpha value is -3.01. The number of aryl methyl sites for hydroxylation is 1. The zero-order chi connectivity index (χ0) is 31.9. The number of aromatic nitrogens is 4. The molecule has 3 aromatic rings. The Morgan fingerprint density at radius 1 is 1.04 bits per heavy atom. The molecule has 1 aromatic carbocycles. The van der Waals surface area contributed by atoms with Gasteiger partial charge in [0, 0.05) is 57.4 Å². The number of piperidine rings is 1. The largest absolute Gasteiger partial charge is 0.465 e. The average molecular weight is 618 g/mol. The standard InChI is InChI=1S/C36H55N7O2/c1-6-45-34(44)35(4,5)30-10-8-29(9-11-30)25-40-31(24-32-37-15-16-38-32)33-39-17-23-43(33)19-7-18-42-22-14-36(27-42)12-20-41(21-13-36)26-28(2)3/h8-11,15-17,23,28,31,40H,6-7,12-14,18-22,24-27H2,1-5H3,(H,37,38). The van der Waals surface area contributed by atoms with Crippen molar-refractivity contribution < 1.29 is 9.53 Å². The SMILES string of the molecule is CCOC(=O)C(C)(C)c1ccc(CNC(Cc2ncc[nH]2)c2nccn2CCCN2CCC3(CCN(CC(C)C)CC3)C2)cc1. The Morgan fingerprint density at radius 2 is 1.78 bits per heavy atom. The molecular formula is C36H55N7O2. The lowest BCUT2D eigenvalue weighted by Crippen LogP contribution is -2.42. The molecule has 5 rings (SSSR count). The maximum atomic E-state index is 12.5. The van der Waals surface area contributed by atoms with Crippen molar-refractivity contribution >= 4 is 5.97 Å². The maximum absolute atomic E-state index is 12.5. The van der Waals surface area contributed by atoms with E-state index in [4.69, 9.17) is 9.72 Å². The molecule has 0 aliphatic carbocycles. The first-order valence-electron chi connectivity index (χ1n) is 17.1. The molecule has 246 valence electrons. The summed E-state index contributed by atoms with van der Waals surface area (Å²) in [6, 6.07) is 8.27. The van der Waals surface area contributed by atoms with Crippen LogP contribution in [0.1, 0.15) is 89.1 Å². The number of hydrogen-bond acceptors (Lipinski definition) is 7. The summed E-state index contributed by atoms with van der Waals surface area (Å²) in [5.41, 5.74) is 1.96. The van der Waals surface area contributed by atoms with E-state index in [2.05, 4.69) is 61.8 Å². The van der Waals surface area contributed by atoms with E-state index in [1.54, 1.807) is 6.20 Å². The fourth-order valence-corrected chi connectivity index (χ4v) is 7.21. The smallest absolute Gasteiger partial charge is 0.315 e. The van der Waals surface area contributed by atoms with Gasteiger partial charge in [0.05, 0.1) is 18.1 Å². The number of ether oxygens (including phenoxy) is 1. The number of hydrogen-bond donors (Lipinski definition) is 2. The zero-order valence-corrected chi connectivity index (χ0v) is 28.2. The van der Waals surface area contributed by atoms with Gasteiger partial charge < -0.3 is 29.4 Å². The zero-order valence-electron chi connectivity index (χ0n) is 28.2. The molecule has 4 heterocycles. The van der Waals surface area contributed by atoms with E-state index in [0.717, 1.165) is 54.6 Å². The third-order valence-electron chi connectivity index (χ3n) is 9.96. The first-order valence-corrected chi connectivity index (χ1v) is 17.1. The van der Waals surface area contributed by atoms with Crippen molar-refractivity contribution in [2.24, 2.45) is 11.3 Å². The van der Waals surface area contributed by atoms with Crippen LogP contribution in [-0.4, -0.2) is 81.2 Å². The van der Waals surface area contributed by atoms with Crippen molar-refractivity contribution in [1.82, 2.24) is 34.6 Å². The lowest BCUT2D eigenvalue weighted by molar-refractivity contribution is -0.148. The van der Waals surface area contributed by atoms with Gasteiger partial charge in [0.25, 0.3) is 0 Å². The number of nitrogens with one attached hydrogen (secondary N) is 2. The van der Waals surface area contributed by atoms with Crippen molar-refractivity contribution in [2.75, 3.05) is 45.9 Å². The van der Waals surface area contributed by atoms with Gasteiger partial charge in [-0.2, -0.15) is 0 Å². The van der Waals surface area contributed by atoms with E-state index in [0.29, 0.717) is 18.6 Å². The van der Waals surface area contributed by atoms with Crippen molar-refractivity contribution in [1.29, 1.82) is 0 Å². The number of imidazole rings is 2. The van der Waals surface area contributed by atoms with Crippen LogP contribution in [0.15, 0.2) is 49.1 Å². The van der Waals surface area contributed by atoms with Gasteiger partial charge in [-0.1, -0.05) is 38.1 Å². The van der Waals surface area contributed by atoms with Crippen LogP contribution in [0.4, 0.5) is 0 Å². The third kappa shape index (κ3) is 8.63. The predicted octanol–water partition coefficient (Wildman–Crippen LogP) is 5.35. The van der Waals surface area contributed by atoms with E-state index in [9.17, 15) is 4.79 Å². The molecule has 9 nitrogen and oxygen atoms in total. The second-order valence-electron chi connectivity index (χ2n) is 14.3. The molecule has 2 aliphatic heterocycles. The molecule has 0 saturated carbocycles. The van der Waals surface area contributed by atoms with Crippen LogP contribution in [0.25, 0.3) is 0 Å². The normalized spacial score (nSPS) is 18.2. The lowest BCUT2D eigenvalue weighted by atomic mass is 9.77. The first kappa shape index (κ1) is 33.4. The fourth-order valence-electron chi connectivity index (χ4n) is 7.21. The van der Waals surface area contributed by atoms with E-state index in [1.165, 1.54) is 52.0 Å². The minimum Gasteiger partial charge on any atom is -0.465 e. The predicted molar refractivity (Wildman–Crippen MR) is 179 cm³/mol. The van der Waals surface area contributed by atoms with Crippen molar-refractivity contribution in [2.45, 2.75) is 91.3 Å². The van der Waals surface area contributed by atoms with Gasteiger partial charge in [-0.05, 0) is 95.1 Å². The molecule has 45 heavy (non-hydrogen) atoms. The molecule has 0 bridgehead atoms. The maximum Gasteiger partial charge on any atom is 0.315 e. The highest BCUT2D eigenvalue weighted by Crippen LogP contribution is 2.40. The number of carbonyl (C=O) groups is 1. The summed E-state index contributed by atoms with van der Waals surface area (Å²) in [6.07, 6.45) is 13.6. The molecule has 2 N–H and O–H groups in total. The van der Waals surface area contributed by atoms with Crippen molar-refractivity contribution in [3.05, 3.63) is 71.8 Å². The summed E-state index contributed by atoms with van der Waals surface area (Å²) in [5, 5.41) is 3.75. The van der Waals surface area contributed by atoms with Gasteiger partial charge in [0.2, 0.25) is 0 Å². The Bertz CT molecular complexity index is 1320. The number of likely N-dealkylation sites (tertiary alicyclic amines) is 2. The van der Waals surface area contributed by atoms with Crippen LogP contribution >= 0.6 is 0 Å². The van der Waals surface area contributed by atoms with E-state index in [-0.39, 0.29) is 12.0 Å². The number of carbonyl (C=O) groups excluding carboxylic acids is 1. The van der Waals surface area contributed by atoms with Crippen LogP contribution < -0.4 is 5.32 Å². The van der Waals surface area contributed by atoms with E-state index in [1.807, 2.05) is 45.3 Å². The highest BCUT2D eigenvalue weighted by molar-refractivity contribution is 5.82. The molecule has 2 saturated heterocycles. The molecular weight excluding hydrogens is 562 g/mol. The summed E-state index contributed by atoms with van der Waals surface area (Å²) in [7, 11) is 0. The summed E-state index contributed by atoms with van der Waals surface area (Å²) in [4.78, 5) is 30.5. The van der Waals surface area contributed by atoms with Gasteiger partial charge in [-0.3, -0.25) is 4.79 Å². The first-order chi connectivity index (χ1) is 21.7. The number of benzene rings is 1. The quantitative estimate of drug-likeness (QED) is 0.222. The Morgan fingerprint density at radius 3 is 2.44 bits per heavy atom. The van der Waals surface area contributed by atoms with Crippen molar-refractivity contribution in [3.63, 3.8) is 0 Å². The molecule has 2 fully saturated rings. The molecule has 0 radical (unpaired) electrons. The number of rotatable bonds is 15. The topological polar surface area (TPSA) is 91.3 Å². The number of nitrogens with zero attached hydrogens (tertiary/aromatic N) is 5. The Labute approximate surface area is 270 Å². The van der Waals surface area contributed by atoms with E-state index >= 15 is 0 Å². The third-order valence-corrected chi connectivity index (χ3v) is 9.96. The number of H-pyrrole nitrogens is 1. The van der Waals surface area contributed by atoms with Gasteiger partial charge in [0.15, 0.2) is 0 Å². The van der Waals surface area contributed by atoms with Crippen LogP contribution in [0.3, 0.4) is 0 Å². The second-order valence-corrected chi connectivity index (χ2v) is 14.3. The second kappa shape index (κ2) is 15.1. The monoisotopic (exact) mass is 617 g/mol. The van der Waals surface area contributed by atoms with Crippen LogP contribution in [0.2, 0.25) is 0 Å². The number of esters is 1. The molecule has 0 amide bonds. The van der Waals surface area contributed by atoms with Crippen molar-refractivity contribution in [3.8, 4) is 0 Å². The van der Waals surface area contributed by atoms with Gasteiger partial charge in [0.1, 0.15) is 11.6 Å². The highest BCUT2D eigenvalue weighted by atomic mass is 16.5. The molecule has 2 aromatic heterocycles. The van der Waals surface area contributed by atoms with Crippen LogP contribution in [-0.2, 0) is 34.5 Å². The van der Waals surface area contributed by atoms with Crippen LogP contribution in [0.5, 0.6) is 0 Å². The Kier molecular flexibility index (Phi) is 11.2. The minimum atomic E-state index is -0.685. The van der Waals surface area contributed by atoms with Gasteiger partial charge >= 0.3 is 5.97 Å². The average Bonchev–Trinajstić information content (AvgIpc) is 3.79. The van der Waals surface area contributed by atoms with Gasteiger partial charge in [-0.15, -0.1) is 0 Å². The minimum absolute atomic E-state index is 0.00730. The molecule has 1 unspecified atom stereocenters. The Balaban J connectivity index is 1.16. The molecule has 9 heteroatoms. The summed E-state index contributed by atoms with van der Waals surface area (Å²) < 4.78 is 7.62. The summed E-state index contributed by atoms with van der Waals surface area (Å²) >= 11 is 0. The highest BCUT2D eigenvalue weighted by Gasteiger charge is 2.40. The lowest BCUT2D eigenvalue weighted by Gasteiger charge is -2.40.